The van der Waals surface area contributed by atoms with Crippen LogP contribution in [-0.2, 0) is 4.74 Å². The smallest absolute Gasteiger partial charge is 0.126 e. The highest BCUT2D eigenvalue weighted by atomic mass is 16.5. The van der Waals surface area contributed by atoms with Crippen LogP contribution in [0.2, 0.25) is 0 Å². The highest BCUT2D eigenvalue weighted by Crippen LogP contribution is 2.38. The molecule has 4 rings (SSSR count). The van der Waals surface area contributed by atoms with Crippen LogP contribution in [0, 0.1) is 5.41 Å². The number of nitrogens with two attached hydrogens (primary N) is 1. The van der Waals surface area contributed by atoms with Crippen molar-refractivity contribution in [1.29, 1.82) is 0 Å². The summed E-state index contributed by atoms with van der Waals surface area (Å²) in [5.41, 5.74) is 10.1. The number of aromatic nitrogens is 1. The number of hydrogen-bond donors (Lipinski definition) is 2. The fourth-order valence-corrected chi connectivity index (χ4v) is 4.54. The van der Waals surface area contributed by atoms with E-state index in [2.05, 4.69) is 39.6 Å². The third kappa shape index (κ3) is 5.20. The molecule has 166 valence electrons. The summed E-state index contributed by atoms with van der Waals surface area (Å²) in [7, 11) is 2.12. The summed E-state index contributed by atoms with van der Waals surface area (Å²) in [6.45, 7) is 10.9. The van der Waals surface area contributed by atoms with Crippen LogP contribution < -0.4 is 5.73 Å². The van der Waals surface area contributed by atoms with E-state index < -0.39 is 0 Å². The number of H-pyrrole nitrogens is 1. The number of aliphatic imine (C=N–C) groups is 1. The summed E-state index contributed by atoms with van der Waals surface area (Å²) in [4.78, 5) is 12.6. The van der Waals surface area contributed by atoms with Crippen LogP contribution >= 0.6 is 0 Å². The van der Waals surface area contributed by atoms with Crippen LogP contribution in [0.5, 0.6) is 0 Å². The maximum atomic E-state index is 6.26. The second kappa shape index (κ2) is 9.71. The third-order valence-electron chi connectivity index (χ3n) is 6.61. The molecule has 2 aliphatic rings. The Hall–Kier alpha value is -2.57. The molecule has 0 saturated carbocycles. The molecular formula is C25H35N5O. The van der Waals surface area contributed by atoms with E-state index in [4.69, 9.17) is 10.5 Å². The molecule has 3 N–H and O–H groups in total. The maximum absolute atomic E-state index is 6.26. The SMILES string of the molecule is C=C/C(=C\N(C)CCC/N=C(\N)c1cccc2[nH]ccc12)CN1CCC2(CC1)COC2. The first-order chi connectivity index (χ1) is 15.1. The minimum Gasteiger partial charge on any atom is -0.383 e. The fraction of sp³-hybridized carbons (Fsp3) is 0.480. The van der Waals surface area contributed by atoms with Crippen molar-refractivity contribution in [2.45, 2.75) is 19.3 Å². The first kappa shape index (κ1) is 21.7. The van der Waals surface area contributed by atoms with Crippen LogP contribution in [0.15, 0.2) is 59.9 Å². The monoisotopic (exact) mass is 421 g/mol. The molecule has 31 heavy (non-hydrogen) atoms. The van der Waals surface area contributed by atoms with Crippen LogP contribution in [0.1, 0.15) is 24.8 Å². The first-order valence-corrected chi connectivity index (χ1v) is 11.3. The number of nitrogens with zero attached hydrogens (tertiary/aromatic N) is 3. The number of rotatable bonds is 9. The molecule has 1 aromatic heterocycles. The predicted molar refractivity (Wildman–Crippen MR) is 128 cm³/mol. The van der Waals surface area contributed by atoms with Crippen LogP contribution in [-0.4, -0.2) is 73.6 Å². The minimum absolute atomic E-state index is 0.486. The van der Waals surface area contributed by atoms with Gasteiger partial charge in [-0.25, -0.2) is 0 Å². The Balaban J connectivity index is 1.23. The maximum Gasteiger partial charge on any atom is 0.126 e. The van der Waals surface area contributed by atoms with Crippen molar-refractivity contribution in [3.8, 4) is 0 Å². The molecule has 1 spiro atoms. The Morgan fingerprint density at radius 3 is 2.84 bits per heavy atom. The van der Waals surface area contributed by atoms with E-state index in [1.807, 2.05) is 36.5 Å². The van der Waals surface area contributed by atoms with E-state index in [0.717, 1.165) is 62.3 Å². The molecule has 0 amide bonds. The summed E-state index contributed by atoms with van der Waals surface area (Å²) < 4.78 is 5.44. The van der Waals surface area contributed by atoms with Crippen LogP contribution in [0.25, 0.3) is 10.9 Å². The van der Waals surface area contributed by atoms with Gasteiger partial charge in [0, 0.05) is 61.0 Å². The minimum atomic E-state index is 0.486. The van der Waals surface area contributed by atoms with Gasteiger partial charge in [-0.1, -0.05) is 24.8 Å². The van der Waals surface area contributed by atoms with Crippen LogP contribution in [0.4, 0.5) is 0 Å². The summed E-state index contributed by atoms with van der Waals surface area (Å²) in [5, 5.41) is 1.12. The van der Waals surface area contributed by atoms with Gasteiger partial charge in [0.05, 0.1) is 13.2 Å². The van der Waals surface area contributed by atoms with Crippen molar-refractivity contribution in [3.63, 3.8) is 0 Å². The molecule has 2 aliphatic heterocycles. The lowest BCUT2D eigenvalue weighted by atomic mass is 9.77. The van der Waals surface area contributed by atoms with E-state index in [0.29, 0.717) is 17.8 Å². The van der Waals surface area contributed by atoms with Gasteiger partial charge in [-0.15, -0.1) is 0 Å². The number of benzene rings is 1. The Kier molecular flexibility index (Phi) is 6.78. The molecule has 0 radical (unpaired) electrons. The molecule has 0 unspecified atom stereocenters. The Bertz CT molecular complexity index is 946. The van der Waals surface area contributed by atoms with E-state index >= 15 is 0 Å². The van der Waals surface area contributed by atoms with Gasteiger partial charge in [-0.05, 0) is 50.1 Å². The number of hydrogen-bond acceptors (Lipinski definition) is 4. The highest BCUT2D eigenvalue weighted by Gasteiger charge is 2.40. The van der Waals surface area contributed by atoms with Gasteiger partial charge in [0.25, 0.3) is 0 Å². The highest BCUT2D eigenvalue weighted by molar-refractivity contribution is 6.08. The third-order valence-corrected chi connectivity index (χ3v) is 6.61. The van der Waals surface area contributed by atoms with Crippen molar-refractivity contribution in [3.05, 3.63) is 60.5 Å². The zero-order valence-electron chi connectivity index (χ0n) is 18.6. The molecule has 0 aliphatic carbocycles. The average molecular weight is 422 g/mol. The standard InChI is InChI=1S/C25H35N5O/c1-3-20(17-30-14-9-25(10-15-30)18-31-19-25)16-29(2)13-5-11-28-24(26)22-6-4-7-23-21(22)8-12-27-23/h3-4,6-8,12,16,27H,1,5,9-11,13-15,17-19H2,2H3,(H2,26,28)/b20-16+. The number of aromatic amines is 1. The quantitative estimate of drug-likeness (QED) is 0.282. The number of ether oxygens (including phenoxy) is 1. The van der Waals surface area contributed by atoms with E-state index in [1.54, 1.807) is 0 Å². The first-order valence-electron chi connectivity index (χ1n) is 11.3. The number of amidine groups is 1. The average Bonchev–Trinajstić information content (AvgIpc) is 3.24. The Morgan fingerprint density at radius 1 is 1.32 bits per heavy atom. The van der Waals surface area contributed by atoms with Crippen molar-refractivity contribution in [1.82, 2.24) is 14.8 Å². The van der Waals surface area contributed by atoms with Gasteiger partial charge >= 0.3 is 0 Å². The normalized spacial score (nSPS) is 19.5. The molecule has 0 atom stereocenters. The van der Waals surface area contributed by atoms with Gasteiger partial charge in [0.15, 0.2) is 0 Å². The summed E-state index contributed by atoms with van der Waals surface area (Å²) in [5.74, 6) is 0.606. The lowest BCUT2D eigenvalue weighted by Crippen LogP contribution is -2.51. The number of nitrogens with one attached hydrogen (secondary N) is 1. The van der Waals surface area contributed by atoms with Crippen molar-refractivity contribution in [2.75, 3.05) is 53.0 Å². The molecule has 0 bridgehead atoms. The van der Waals surface area contributed by atoms with Crippen LogP contribution in [0.3, 0.4) is 0 Å². The fourth-order valence-electron chi connectivity index (χ4n) is 4.54. The molecule has 2 fully saturated rings. The number of piperidine rings is 1. The molecule has 2 aromatic rings. The molecule has 3 heterocycles. The van der Waals surface area contributed by atoms with Gasteiger partial charge < -0.3 is 20.4 Å². The Labute approximate surface area is 185 Å². The second-order valence-corrected chi connectivity index (χ2v) is 9.02. The molecule has 2 saturated heterocycles. The molecule has 6 heteroatoms. The van der Waals surface area contributed by atoms with Crippen molar-refractivity contribution >= 4 is 16.7 Å². The summed E-state index contributed by atoms with van der Waals surface area (Å²) in [6, 6.07) is 8.13. The van der Waals surface area contributed by atoms with Gasteiger partial charge in [0.1, 0.15) is 5.84 Å². The van der Waals surface area contributed by atoms with Gasteiger partial charge in [-0.2, -0.15) is 0 Å². The van der Waals surface area contributed by atoms with E-state index in [1.165, 1.54) is 18.4 Å². The molecule has 6 nitrogen and oxygen atoms in total. The van der Waals surface area contributed by atoms with E-state index in [9.17, 15) is 0 Å². The summed E-state index contributed by atoms with van der Waals surface area (Å²) in [6.07, 6.45) is 9.60. The van der Waals surface area contributed by atoms with Crippen molar-refractivity contribution < 1.29 is 4.74 Å². The molecule has 1 aromatic carbocycles. The number of likely N-dealkylation sites (tertiary alicyclic amines) is 1. The second-order valence-electron chi connectivity index (χ2n) is 9.02. The zero-order valence-corrected chi connectivity index (χ0v) is 18.6. The van der Waals surface area contributed by atoms with Gasteiger partial charge in [0.2, 0.25) is 0 Å². The largest absolute Gasteiger partial charge is 0.383 e. The Morgan fingerprint density at radius 2 is 2.13 bits per heavy atom. The lowest BCUT2D eigenvalue weighted by Gasteiger charge is -2.47. The zero-order chi connectivity index (χ0) is 21.7. The van der Waals surface area contributed by atoms with Gasteiger partial charge in [-0.3, -0.25) is 9.89 Å². The topological polar surface area (TPSA) is 69.9 Å². The predicted octanol–water partition coefficient (Wildman–Crippen LogP) is 3.38. The lowest BCUT2D eigenvalue weighted by molar-refractivity contribution is -0.138. The number of fused-ring (bicyclic) bond motifs is 1. The summed E-state index contributed by atoms with van der Waals surface area (Å²) >= 11 is 0. The van der Waals surface area contributed by atoms with Crippen molar-refractivity contribution in [2.24, 2.45) is 16.1 Å². The van der Waals surface area contributed by atoms with E-state index in [-0.39, 0.29) is 0 Å². The molecular weight excluding hydrogens is 386 g/mol.